The summed E-state index contributed by atoms with van der Waals surface area (Å²) in [5.41, 5.74) is 0.581. The van der Waals surface area contributed by atoms with Crippen molar-refractivity contribution >= 4 is 5.97 Å². The van der Waals surface area contributed by atoms with Crippen LogP contribution in [0.15, 0.2) is 12.5 Å². The minimum absolute atomic E-state index is 0.126. The van der Waals surface area contributed by atoms with Gasteiger partial charge in [0.2, 0.25) is 0 Å². The number of carboxylic acids is 1. The fourth-order valence-corrected chi connectivity index (χ4v) is 2.38. The summed E-state index contributed by atoms with van der Waals surface area (Å²) in [5, 5.41) is 9.01. The predicted octanol–water partition coefficient (Wildman–Crippen LogP) is 2.27. The third-order valence-electron chi connectivity index (χ3n) is 3.37. The van der Waals surface area contributed by atoms with Gasteiger partial charge in [-0.05, 0) is 18.8 Å². The summed E-state index contributed by atoms with van der Waals surface area (Å²) in [6.45, 7) is 2.48. The molecule has 0 spiro atoms. The second-order valence-electron chi connectivity index (χ2n) is 4.89. The van der Waals surface area contributed by atoms with Crippen LogP contribution in [-0.4, -0.2) is 27.1 Å². The van der Waals surface area contributed by atoms with Crippen LogP contribution in [0, 0.1) is 5.92 Å². The van der Waals surface area contributed by atoms with Gasteiger partial charge in [0.15, 0.2) is 0 Å². The molecule has 1 fully saturated rings. The number of nitrogens with zero attached hydrogens (tertiary/aromatic N) is 2. The molecule has 1 N–H and O–H groups in total. The fraction of sp³-hybridized carbons (Fsp3) is 0.615. The highest BCUT2D eigenvalue weighted by Gasteiger charge is 2.20. The summed E-state index contributed by atoms with van der Waals surface area (Å²) >= 11 is 0. The lowest BCUT2D eigenvalue weighted by Gasteiger charge is -2.26. The number of aromatic nitrogens is 2. The average molecular weight is 250 g/mol. The molecule has 5 nitrogen and oxygen atoms in total. The lowest BCUT2D eigenvalue weighted by atomic mass is 9.89. The van der Waals surface area contributed by atoms with E-state index in [9.17, 15) is 4.79 Å². The van der Waals surface area contributed by atoms with E-state index in [0.29, 0.717) is 11.6 Å². The molecule has 1 heterocycles. The van der Waals surface area contributed by atoms with Crippen molar-refractivity contribution in [3.8, 4) is 0 Å². The maximum absolute atomic E-state index is 11.0. The topological polar surface area (TPSA) is 72.3 Å². The van der Waals surface area contributed by atoms with Crippen LogP contribution >= 0.6 is 0 Å². The Morgan fingerprint density at radius 2 is 2.39 bits per heavy atom. The second-order valence-corrected chi connectivity index (χ2v) is 4.89. The average Bonchev–Trinajstić information content (AvgIpc) is 2.37. The van der Waals surface area contributed by atoms with E-state index in [1.54, 1.807) is 0 Å². The van der Waals surface area contributed by atoms with Crippen molar-refractivity contribution in [2.45, 2.75) is 45.3 Å². The van der Waals surface area contributed by atoms with Crippen LogP contribution in [0.25, 0.3) is 0 Å². The maximum atomic E-state index is 11.0. The van der Waals surface area contributed by atoms with Crippen LogP contribution in [0.2, 0.25) is 0 Å². The number of hydrogen-bond donors (Lipinski definition) is 1. The lowest BCUT2D eigenvalue weighted by Crippen LogP contribution is -2.22. The highest BCUT2D eigenvalue weighted by molar-refractivity contribution is 5.88. The molecule has 0 saturated heterocycles. The van der Waals surface area contributed by atoms with E-state index in [1.165, 1.54) is 25.4 Å². The van der Waals surface area contributed by atoms with Gasteiger partial charge in [-0.3, -0.25) is 0 Å². The van der Waals surface area contributed by atoms with Gasteiger partial charge in [-0.2, -0.15) is 0 Å². The molecule has 2 rings (SSSR count). The molecule has 18 heavy (non-hydrogen) atoms. The van der Waals surface area contributed by atoms with Crippen LogP contribution in [0.3, 0.4) is 0 Å². The van der Waals surface area contributed by atoms with Gasteiger partial charge >= 0.3 is 5.97 Å². The first-order chi connectivity index (χ1) is 8.66. The summed E-state index contributed by atoms with van der Waals surface area (Å²) < 4.78 is 5.78. The van der Waals surface area contributed by atoms with Gasteiger partial charge < -0.3 is 9.84 Å². The Morgan fingerprint density at radius 1 is 1.56 bits per heavy atom. The molecule has 0 radical (unpaired) electrons. The highest BCUT2D eigenvalue weighted by Crippen LogP contribution is 2.26. The normalized spacial score (nSPS) is 23.8. The molecule has 0 bridgehead atoms. The zero-order valence-corrected chi connectivity index (χ0v) is 10.5. The van der Waals surface area contributed by atoms with Gasteiger partial charge in [-0.25, -0.2) is 14.8 Å². The summed E-state index contributed by atoms with van der Waals surface area (Å²) in [4.78, 5) is 18.7. The van der Waals surface area contributed by atoms with Crippen LogP contribution in [-0.2, 0) is 11.3 Å². The maximum Gasteiger partial charge on any atom is 0.339 e. The van der Waals surface area contributed by atoms with Crippen molar-refractivity contribution in [1.82, 2.24) is 9.97 Å². The fourth-order valence-electron chi connectivity index (χ4n) is 2.38. The number of carboxylic acid groups (broad SMARTS) is 1. The van der Waals surface area contributed by atoms with Crippen molar-refractivity contribution in [2.24, 2.45) is 5.92 Å². The van der Waals surface area contributed by atoms with Crippen molar-refractivity contribution < 1.29 is 14.6 Å². The van der Waals surface area contributed by atoms with Crippen molar-refractivity contribution in [1.29, 1.82) is 0 Å². The Balaban J connectivity index is 1.95. The predicted molar refractivity (Wildman–Crippen MR) is 65.2 cm³/mol. The molecule has 1 saturated carbocycles. The molecule has 0 aromatic carbocycles. The first kappa shape index (κ1) is 13.0. The minimum atomic E-state index is -1.01. The van der Waals surface area contributed by atoms with Gasteiger partial charge in [0, 0.05) is 6.20 Å². The van der Waals surface area contributed by atoms with E-state index in [1.807, 2.05) is 0 Å². The second kappa shape index (κ2) is 5.91. The van der Waals surface area contributed by atoms with Crippen molar-refractivity contribution in [3.05, 3.63) is 23.8 Å². The summed E-state index contributed by atoms with van der Waals surface area (Å²) in [7, 11) is 0. The first-order valence-electron chi connectivity index (χ1n) is 6.30. The lowest BCUT2D eigenvalue weighted by molar-refractivity contribution is 0.00258. The van der Waals surface area contributed by atoms with Gasteiger partial charge in [-0.1, -0.05) is 19.8 Å². The van der Waals surface area contributed by atoms with Crippen molar-refractivity contribution in [3.63, 3.8) is 0 Å². The number of carbonyl (C=O) groups is 1. The Morgan fingerprint density at radius 3 is 3.11 bits per heavy atom. The van der Waals surface area contributed by atoms with E-state index in [-0.39, 0.29) is 18.3 Å². The molecule has 5 heteroatoms. The van der Waals surface area contributed by atoms with Gasteiger partial charge in [-0.15, -0.1) is 0 Å². The first-order valence-corrected chi connectivity index (χ1v) is 6.30. The minimum Gasteiger partial charge on any atom is -0.478 e. The van der Waals surface area contributed by atoms with E-state index >= 15 is 0 Å². The van der Waals surface area contributed by atoms with Crippen LogP contribution in [0.4, 0.5) is 0 Å². The van der Waals surface area contributed by atoms with Crippen LogP contribution in [0.1, 0.15) is 48.7 Å². The summed E-state index contributed by atoms with van der Waals surface area (Å²) in [5.74, 6) is -0.320. The molecule has 1 aromatic rings. The SMILES string of the molecule is CC1CCCC(OCc2ncncc2C(=O)O)C1. The van der Waals surface area contributed by atoms with Crippen LogP contribution < -0.4 is 0 Å². The number of ether oxygens (including phenoxy) is 1. The highest BCUT2D eigenvalue weighted by atomic mass is 16.5. The summed E-state index contributed by atoms with van der Waals surface area (Å²) in [6, 6.07) is 0. The third kappa shape index (κ3) is 3.26. The smallest absolute Gasteiger partial charge is 0.339 e. The van der Waals surface area contributed by atoms with Gasteiger partial charge in [0.1, 0.15) is 11.9 Å². The zero-order chi connectivity index (χ0) is 13.0. The molecule has 1 aliphatic rings. The van der Waals surface area contributed by atoms with E-state index in [2.05, 4.69) is 16.9 Å². The standard InChI is InChI=1S/C13H18N2O3/c1-9-3-2-4-10(5-9)18-7-12-11(13(16)17)6-14-8-15-12/h6,8-10H,2-5,7H2,1H3,(H,16,17). The quantitative estimate of drug-likeness (QED) is 0.887. The molecule has 0 amide bonds. The largest absolute Gasteiger partial charge is 0.478 e. The molecular weight excluding hydrogens is 232 g/mol. The van der Waals surface area contributed by atoms with Gasteiger partial charge in [0.05, 0.1) is 18.4 Å². The molecule has 2 unspecified atom stereocenters. The van der Waals surface area contributed by atoms with E-state index in [0.717, 1.165) is 12.8 Å². The van der Waals surface area contributed by atoms with Crippen molar-refractivity contribution in [2.75, 3.05) is 0 Å². The number of rotatable bonds is 4. The van der Waals surface area contributed by atoms with Crippen LogP contribution in [0.5, 0.6) is 0 Å². The van der Waals surface area contributed by atoms with Gasteiger partial charge in [0.25, 0.3) is 0 Å². The zero-order valence-electron chi connectivity index (χ0n) is 10.5. The molecule has 98 valence electrons. The Labute approximate surface area is 106 Å². The third-order valence-corrected chi connectivity index (χ3v) is 3.37. The van der Waals surface area contributed by atoms with E-state index < -0.39 is 5.97 Å². The van der Waals surface area contributed by atoms with E-state index in [4.69, 9.17) is 9.84 Å². The number of hydrogen-bond acceptors (Lipinski definition) is 4. The Bertz CT molecular complexity index is 422. The molecule has 1 aromatic heterocycles. The number of aromatic carboxylic acids is 1. The Kier molecular flexibility index (Phi) is 4.25. The molecule has 2 atom stereocenters. The molecule has 0 aliphatic heterocycles. The monoisotopic (exact) mass is 250 g/mol. The Hall–Kier alpha value is -1.49. The molecule has 1 aliphatic carbocycles. The summed E-state index contributed by atoms with van der Waals surface area (Å²) in [6.07, 6.45) is 7.44. The molecular formula is C13H18N2O3.